The monoisotopic (exact) mass is 221 g/mol. The van der Waals surface area contributed by atoms with Gasteiger partial charge in [-0.15, -0.1) is 0 Å². The van der Waals surface area contributed by atoms with Crippen molar-refractivity contribution in [1.29, 1.82) is 0 Å². The van der Waals surface area contributed by atoms with E-state index in [0.717, 1.165) is 12.3 Å². The van der Waals surface area contributed by atoms with E-state index in [0.29, 0.717) is 0 Å². The molecular formula is C11H11NO4. The summed E-state index contributed by atoms with van der Waals surface area (Å²) >= 11 is 0. The molecule has 0 bridgehead atoms. The maximum absolute atomic E-state index is 11.4. The van der Waals surface area contributed by atoms with Gasteiger partial charge in [0.1, 0.15) is 5.75 Å². The Bertz CT molecular complexity index is 451. The van der Waals surface area contributed by atoms with Gasteiger partial charge in [0.2, 0.25) is 0 Å². The van der Waals surface area contributed by atoms with Crippen molar-refractivity contribution in [2.24, 2.45) is 5.73 Å². The molecule has 0 aromatic heterocycles. The molecule has 0 aliphatic rings. The number of esters is 1. The Morgan fingerprint density at radius 2 is 2.12 bits per heavy atom. The molecule has 0 radical (unpaired) electrons. The van der Waals surface area contributed by atoms with Gasteiger partial charge in [-0.3, -0.25) is 4.79 Å². The fourth-order valence-electron chi connectivity index (χ4n) is 1.16. The topological polar surface area (TPSA) is 89.6 Å². The lowest BCUT2D eigenvalue weighted by Crippen LogP contribution is -2.04. The molecule has 0 unspecified atom stereocenters. The summed E-state index contributed by atoms with van der Waals surface area (Å²) in [4.78, 5) is 22.6. The molecule has 0 spiro atoms. The maximum Gasteiger partial charge on any atom is 0.337 e. The average Bonchev–Trinajstić information content (AvgIpc) is 2.29. The summed E-state index contributed by atoms with van der Waals surface area (Å²) in [6.45, 7) is 0. The third kappa shape index (κ3) is 2.38. The number of phenols is 1. The third-order valence-electron chi connectivity index (χ3n) is 1.93. The first kappa shape index (κ1) is 11.8. The van der Waals surface area contributed by atoms with E-state index in [1.807, 2.05) is 0 Å². The van der Waals surface area contributed by atoms with Crippen LogP contribution in [0.15, 0.2) is 30.5 Å². The quantitative estimate of drug-likeness (QED) is 0.448. The van der Waals surface area contributed by atoms with Crippen molar-refractivity contribution in [2.75, 3.05) is 7.11 Å². The Morgan fingerprint density at radius 1 is 1.44 bits per heavy atom. The summed E-state index contributed by atoms with van der Waals surface area (Å²) in [6.07, 6.45) is 2.16. The van der Waals surface area contributed by atoms with Gasteiger partial charge in [-0.1, -0.05) is 0 Å². The van der Waals surface area contributed by atoms with Crippen LogP contribution in [-0.2, 0) is 4.74 Å². The van der Waals surface area contributed by atoms with Crippen molar-refractivity contribution in [3.05, 3.63) is 41.6 Å². The van der Waals surface area contributed by atoms with E-state index < -0.39 is 11.8 Å². The zero-order valence-electron chi connectivity index (χ0n) is 8.64. The van der Waals surface area contributed by atoms with E-state index >= 15 is 0 Å². The summed E-state index contributed by atoms with van der Waals surface area (Å²) in [5.74, 6) is -1.27. The lowest BCUT2D eigenvalue weighted by molar-refractivity contribution is 0.0600. The van der Waals surface area contributed by atoms with Gasteiger partial charge in [-0.05, 0) is 24.4 Å². The van der Waals surface area contributed by atoms with Crippen molar-refractivity contribution < 1.29 is 19.4 Å². The minimum Gasteiger partial charge on any atom is -0.507 e. The van der Waals surface area contributed by atoms with E-state index in [1.165, 1.54) is 25.3 Å². The van der Waals surface area contributed by atoms with Gasteiger partial charge >= 0.3 is 5.97 Å². The highest BCUT2D eigenvalue weighted by Crippen LogP contribution is 2.19. The average molecular weight is 221 g/mol. The molecule has 5 nitrogen and oxygen atoms in total. The van der Waals surface area contributed by atoms with Crippen LogP contribution >= 0.6 is 0 Å². The number of ketones is 1. The second-order valence-corrected chi connectivity index (χ2v) is 2.95. The molecule has 0 aliphatic carbocycles. The van der Waals surface area contributed by atoms with E-state index in [-0.39, 0.29) is 16.9 Å². The lowest BCUT2D eigenvalue weighted by Gasteiger charge is -2.03. The number of carbonyl (C=O) groups is 2. The van der Waals surface area contributed by atoms with Crippen LogP contribution in [0.4, 0.5) is 0 Å². The van der Waals surface area contributed by atoms with Crippen LogP contribution < -0.4 is 5.73 Å². The molecule has 1 aromatic rings. The number of rotatable bonds is 3. The van der Waals surface area contributed by atoms with Crippen LogP contribution in [0.1, 0.15) is 20.7 Å². The number of hydrogen-bond acceptors (Lipinski definition) is 5. The van der Waals surface area contributed by atoms with Gasteiger partial charge in [0.15, 0.2) is 5.78 Å². The van der Waals surface area contributed by atoms with E-state index in [9.17, 15) is 14.7 Å². The number of ether oxygens (including phenoxy) is 1. The van der Waals surface area contributed by atoms with Gasteiger partial charge in [-0.2, -0.15) is 0 Å². The molecule has 1 aromatic carbocycles. The van der Waals surface area contributed by atoms with E-state index in [2.05, 4.69) is 4.74 Å². The predicted octanol–water partition coefficient (Wildman–Crippen LogP) is 0.834. The van der Waals surface area contributed by atoms with E-state index in [4.69, 9.17) is 5.73 Å². The van der Waals surface area contributed by atoms with Crippen LogP contribution in [0.3, 0.4) is 0 Å². The summed E-state index contributed by atoms with van der Waals surface area (Å²) in [5.41, 5.74) is 5.26. The molecule has 0 amide bonds. The molecule has 0 atom stereocenters. The van der Waals surface area contributed by atoms with Crippen molar-refractivity contribution >= 4 is 11.8 Å². The highest BCUT2D eigenvalue weighted by Gasteiger charge is 2.13. The largest absolute Gasteiger partial charge is 0.507 e. The van der Waals surface area contributed by atoms with E-state index in [1.54, 1.807) is 0 Å². The first-order valence-electron chi connectivity index (χ1n) is 4.44. The third-order valence-corrected chi connectivity index (χ3v) is 1.93. The van der Waals surface area contributed by atoms with Crippen LogP contribution in [0.25, 0.3) is 0 Å². The van der Waals surface area contributed by atoms with Crippen LogP contribution in [0, 0.1) is 0 Å². The minimum absolute atomic E-state index is 0.00426. The zero-order chi connectivity index (χ0) is 12.1. The highest BCUT2D eigenvalue weighted by atomic mass is 16.5. The fraction of sp³-hybridized carbons (Fsp3) is 0.0909. The summed E-state index contributed by atoms with van der Waals surface area (Å²) in [5, 5.41) is 9.44. The standard InChI is InChI=1S/C11H11NO4/c1-16-11(15)7-2-3-9(13)8(6-7)10(14)4-5-12/h2-6,13H,12H2,1H3. The second kappa shape index (κ2) is 4.97. The molecular weight excluding hydrogens is 210 g/mol. The molecule has 84 valence electrons. The van der Waals surface area contributed by atoms with Crippen molar-refractivity contribution in [3.63, 3.8) is 0 Å². The Balaban J connectivity index is 3.18. The number of phenolic OH excluding ortho intramolecular Hbond substituents is 1. The highest BCUT2D eigenvalue weighted by molar-refractivity contribution is 6.07. The summed E-state index contributed by atoms with van der Waals surface area (Å²) < 4.78 is 4.50. The molecule has 3 N–H and O–H groups in total. The number of benzene rings is 1. The molecule has 0 heterocycles. The van der Waals surface area contributed by atoms with Gasteiger partial charge in [0, 0.05) is 6.08 Å². The number of hydrogen-bond donors (Lipinski definition) is 2. The maximum atomic E-state index is 11.4. The Morgan fingerprint density at radius 3 is 2.69 bits per heavy atom. The van der Waals surface area contributed by atoms with Crippen LogP contribution in [-0.4, -0.2) is 24.0 Å². The van der Waals surface area contributed by atoms with Crippen molar-refractivity contribution in [2.45, 2.75) is 0 Å². The zero-order valence-corrected chi connectivity index (χ0v) is 8.64. The number of carbonyl (C=O) groups excluding carboxylic acids is 2. The first-order valence-corrected chi connectivity index (χ1v) is 4.44. The Hall–Kier alpha value is -2.30. The van der Waals surface area contributed by atoms with Gasteiger partial charge in [0.25, 0.3) is 0 Å². The first-order chi connectivity index (χ1) is 7.60. The predicted molar refractivity (Wildman–Crippen MR) is 57.1 cm³/mol. The van der Waals surface area contributed by atoms with Gasteiger partial charge in [-0.25, -0.2) is 4.79 Å². The molecule has 1 rings (SSSR count). The van der Waals surface area contributed by atoms with Crippen LogP contribution in [0.5, 0.6) is 5.75 Å². The van der Waals surface area contributed by atoms with Gasteiger partial charge in [0.05, 0.1) is 18.2 Å². The number of methoxy groups -OCH3 is 1. The number of allylic oxidation sites excluding steroid dienone is 1. The smallest absolute Gasteiger partial charge is 0.337 e. The van der Waals surface area contributed by atoms with Gasteiger partial charge < -0.3 is 15.6 Å². The fourth-order valence-corrected chi connectivity index (χ4v) is 1.16. The minimum atomic E-state index is -0.578. The summed E-state index contributed by atoms with van der Waals surface area (Å²) in [7, 11) is 1.23. The molecule has 16 heavy (non-hydrogen) atoms. The molecule has 0 fully saturated rings. The van der Waals surface area contributed by atoms with Crippen molar-refractivity contribution in [1.82, 2.24) is 0 Å². The summed E-state index contributed by atoms with van der Waals surface area (Å²) in [6, 6.07) is 3.87. The number of aromatic hydroxyl groups is 1. The SMILES string of the molecule is COC(=O)c1ccc(O)c(C(=O)C=CN)c1. The second-order valence-electron chi connectivity index (χ2n) is 2.95. The van der Waals surface area contributed by atoms with Crippen LogP contribution in [0.2, 0.25) is 0 Å². The molecule has 5 heteroatoms. The molecule has 0 saturated carbocycles. The lowest BCUT2D eigenvalue weighted by atomic mass is 10.1. The Labute approximate surface area is 92.1 Å². The van der Waals surface area contributed by atoms with Crippen molar-refractivity contribution in [3.8, 4) is 5.75 Å². The molecule has 0 saturated heterocycles. The normalized spacial score (nSPS) is 10.3. The molecule has 0 aliphatic heterocycles. The Kier molecular flexibility index (Phi) is 3.66. The number of nitrogens with two attached hydrogens (primary N) is 1.